The third-order valence-corrected chi connectivity index (χ3v) is 2.84. The molecule has 4 nitrogen and oxygen atoms in total. The van der Waals surface area contributed by atoms with Crippen molar-refractivity contribution in [1.82, 2.24) is 9.88 Å². The van der Waals surface area contributed by atoms with Crippen molar-refractivity contribution in [1.29, 1.82) is 0 Å². The molecule has 1 N–H and O–H groups in total. The zero-order valence-corrected chi connectivity index (χ0v) is 9.83. The molecule has 80 valence electrons. The lowest BCUT2D eigenvalue weighted by atomic mass is 10.4. The van der Waals surface area contributed by atoms with Crippen LogP contribution in [0.5, 0.6) is 0 Å². The van der Waals surface area contributed by atoms with Gasteiger partial charge >= 0.3 is 6.03 Å². The van der Waals surface area contributed by atoms with E-state index >= 15 is 0 Å². The summed E-state index contributed by atoms with van der Waals surface area (Å²) in [5, 5.41) is 2.77. The van der Waals surface area contributed by atoms with Crippen LogP contribution < -0.4 is 5.32 Å². The molecule has 1 aromatic rings. The molecule has 0 unspecified atom stereocenters. The van der Waals surface area contributed by atoms with Crippen LogP contribution in [0, 0.1) is 0 Å². The molecule has 0 aliphatic carbocycles. The maximum absolute atomic E-state index is 11.7. The summed E-state index contributed by atoms with van der Waals surface area (Å²) < 4.78 is 0.911. The van der Waals surface area contributed by atoms with E-state index in [2.05, 4.69) is 26.2 Å². The number of aromatic nitrogens is 1. The standard InChI is InChI=1S/C10H12BrN3O/c11-8-3-4-12-9(7-8)13-10(15)14-5-1-2-6-14/h3-4,7H,1-2,5-6H2,(H,12,13,15). The van der Waals surface area contributed by atoms with Crippen LogP contribution in [0.15, 0.2) is 22.8 Å². The normalized spacial score (nSPS) is 15.4. The van der Waals surface area contributed by atoms with Crippen LogP contribution in [0.2, 0.25) is 0 Å². The number of hydrogen-bond donors (Lipinski definition) is 1. The molecule has 0 bridgehead atoms. The minimum Gasteiger partial charge on any atom is -0.324 e. The van der Waals surface area contributed by atoms with E-state index in [1.165, 1.54) is 0 Å². The zero-order valence-electron chi connectivity index (χ0n) is 8.24. The number of nitrogens with one attached hydrogen (secondary N) is 1. The smallest absolute Gasteiger partial charge is 0.323 e. The second-order valence-electron chi connectivity index (χ2n) is 3.48. The molecule has 2 amide bonds. The van der Waals surface area contributed by atoms with E-state index < -0.39 is 0 Å². The van der Waals surface area contributed by atoms with Gasteiger partial charge in [-0.25, -0.2) is 9.78 Å². The Kier molecular flexibility index (Phi) is 3.20. The number of nitrogens with zero attached hydrogens (tertiary/aromatic N) is 2. The van der Waals surface area contributed by atoms with E-state index in [9.17, 15) is 4.79 Å². The second kappa shape index (κ2) is 4.61. The molecule has 5 heteroatoms. The van der Waals surface area contributed by atoms with Crippen LogP contribution in [0.4, 0.5) is 10.6 Å². The Morgan fingerprint density at radius 3 is 2.87 bits per heavy atom. The summed E-state index contributed by atoms with van der Waals surface area (Å²) in [7, 11) is 0. The van der Waals surface area contributed by atoms with Crippen molar-refractivity contribution in [3.63, 3.8) is 0 Å². The summed E-state index contributed by atoms with van der Waals surface area (Å²) in [6, 6.07) is 3.55. The lowest BCUT2D eigenvalue weighted by Gasteiger charge is -2.15. The fourth-order valence-corrected chi connectivity index (χ4v) is 1.92. The van der Waals surface area contributed by atoms with Gasteiger partial charge < -0.3 is 4.90 Å². The number of urea groups is 1. The lowest BCUT2D eigenvalue weighted by Crippen LogP contribution is -2.32. The van der Waals surface area contributed by atoms with Gasteiger partial charge in [-0.2, -0.15) is 0 Å². The quantitative estimate of drug-likeness (QED) is 0.852. The number of carbonyl (C=O) groups excluding carboxylic acids is 1. The molecule has 2 heterocycles. The van der Waals surface area contributed by atoms with Crippen molar-refractivity contribution >= 4 is 27.8 Å². The van der Waals surface area contributed by atoms with E-state index in [4.69, 9.17) is 0 Å². The number of rotatable bonds is 1. The van der Waals surface area contributed by atoms with Gasteiger partial charge in [0.25, 0.3) is 0 Å². The third-order valence-electron chi connectivity index (χ3n) is 2.35. The average molecular weight is 270 g/mol. The van der Waals surface area contributed by atoms with Crippen molar-refractivity contribution in [2.24, 2.45) is 0 Å². The fourth-order valence-electron chi connectivity index (χ4n) is 1.58. The fraction of sp³-hybridized carbons (Fsp3) is 0.400. The molecule has 1 aromatic heterocycles. The molecule has 1 aliphatic rings. The topological polar surface area (TPSA) is 45.2 Å². The Morgan fingerprint density at radius 1 is 1.47 bits per heavy atom. The molecule has 15 heavy (non-hydrogen) atoms. The van der Waals surface area contributed by atoms with Gasteiger partial charge in [-0.1, -0.05) is 15.9 Å². The van der Waals surface area contributed by atoms with E-state index in [0.717, 1.165) is 30.4 Å². The summed E-state index contributed by atoms with van der Waals surface area (Å²) in [6.45, 7) is 1.69. The van der Waals surface area contributed by atoms with E-state index in [1.807, 2.05) is 11.0 Å². The second-order valence-corrected chi connectivity index (χ2v) is 4.40. The van der Waals surface area contributed by atoms with Gasteiger partial charge in [-0.05, 0) is 25.0 Å². The van der Waals surface area contributed by atoms with Gasteiger partial charge in [-0.15, -0.1) is 0 Å². The Balaban J connectivity index is 1.99. The first-order valence-electron chi connectivity index (χ1n) is 4.93. The molecule has 1 saturated heterocycles. The highest BCUT2D eigenvalue weighted by Crippen LogP contribution is 2.14. The van der Waals surface area contributed by atoms with E-state index in [0.29, 0.717) is 5.82 Å². The Morgan fingerprint density at radius 2 is 2.20 bits per heavy atom. The maximum atomic E-state index is 11.7. The highest BCUT2D eigenvalue weighted by atomic mass is 79.9. The van der Waals surface area contributed by atoms with Crippen LogP contribution in [0.3, 0.4) is 0 Å². The van der Waals surface area contributed by atoms with Gasteiger partial charge in [-0.3, -0.25) is 5.32 Å². The van der Waals surface area contributed by atoms with Gasteiger partial charge in [0.15, 0.2) is 0 Å². The summed E-state index contributed by atoms with van der Waals surface area (Å²) in [5.74, 6) is 0.585. The molecule has 0 atom stereocenters. The predicted octanol–water partition coefficient (Wildman–Crippen LogP) is 2.47. The predicted molar refractivity (Wildman–Crippen MR) is 61.8 cm³/mol. The zero-order chi connectivity index (χ0) is 10.7. The van der Waals surface area contributed by atoms with Crippen molar-refractivity contribution in [2.45, 2.75) is 12.8 Å². The number of halogens is 1. The minimum atomic E-state index is -0.0573. The van der Waals surface area contributed by atoms with Gasteiger partial charge in [0.05, 0.1) is 0 Å². The molecule has 1 fully saturated rings. The molecular weight excluding hydrogens is 258 g/mol. The molecule has 0 radical (unpaired) electrons. The summed E-state index contributed by atoms with van der Waals surface area (Å²) in [4.78, 5) is 17.6. The Labute approximate surface area is 96.8 Å². The van der Waals surface area contributed by atoms with Crippen molar-refractivity contribution in [2.75, 3.05) is 18.4 Å². The minimum absolute atomic E-state index is 0.0573. The number of pyridine rings is 1. The first-order chi connectivity index (χ1) is 7.25. The van der Waals surface area contributed by atoms with Crippen LogP contribution >= 0.6 is 15.9 Å². The average Bonchev–Trinajstić information content (AvgIpc) is 2.70. The van der Waals surface area contributed by atoms with Crippen molar-refractivity contribution in [3.05, 3.63) is 22.8 Å². The van der Waals surface area contributed by atoms with Crippen LogP contribution in [-0.4, -0.2) is 29.0 Å². The van der Waals surface area contributed by atoms with E-state index in [1.54, 1.807) is 12.3 Å². The van der Waals surface area contributed by atoms with Crippen LogP contribution in [0.1, 0.15) is 12.8 Å². The van der Waals surface area contributed by atoms with Gasteiger partial charge in [0, 0.05) is 23.8 Å². The number of hydrogen-bond acceptors (Lipinski definition) is 2. The monoisotopic (exact) mass is 269 g/mol. The Hall–Kier alpha value is -1.10. The number of likely N-dealkylation sites (tertiary alicyclic amines) is 1. The first-order valence-corrected chi connectivity index (χ1v) is 5.72. The Bertz CT molecular complexity index is 363. The molecule has 0 saturated carbocycles. The maximum Gasteiger partial charge on any atom is 0.323 e. The molecule has 2 rings (SSSR count). The summed E-state index contributed by atoms with van der Waals surface area (Å²) >= 11 is 3.33. The van der Waals surface area contributed by atoms with Gasteiger partial charge in [0.2, 0.25) is 0 Å². The molecule has 1 aliphatic heterocycles. The van der Waals surface area contributed by atoms with Crippen LogP contribution in [-0.2, 0) is 0 Å². The number of amides is 2. The highest BCUT2D eigenvalue weighted by Gasteiger charge is 2.17. The molecular formula is C10H12BrN3O. The lowest BCUT2D eigenvalue weighted by molar-refractivity contribution is 0.222. The summed E-state index contributed by atoms with van der Waals surface area (Å²) in [6.07, 6.45) is 3.85. The van der Waals surface area contributed by atoms with Crippen molar-refractivity contribution in [3.8, 4) is 0 Å². The van der Waals surface area contributed by atoms with Gasteiger partial charge in [0.1, 0.15) is 5.82 Å². The number of carbonyl (C=O) groups is 1. The van der Waals surface area contributed by atoms with Crippen molar-refractivity contribution < 1.29 is 4.79 Å². The first kappa shape index (κ1) is 10.4. The van der Waals surface area contributed by atoms with Crippen LogP contribution in [0.25, 0.3) is 0 Å². The highest BCUT2D eigenvalue weighted by molar-refractivity contribution is 9.10. The largest absolute Gasteiger partial charge is 0.324 e. The van der Waals surface area contributed by atoms with E-state index in [-0.39, 0.29) is 6.03 Å². The molecule has 0 spiro atoms. The molecule has 0 aromatic carbocycles. The number of anilines is 1. The summed E-state index contributed by atoms with van der Waals surface area (Å²) in [5.41, 5.74) is 0. The third kappa shape index (κ3) is 2.68. The SMILES string of the molecule is O=C(Nc1cc(Br)ccn1)N1CCCC1.